The lowest BCUT2D eigenvalue weighted by Gasteiger charge is -2.26. The number of hydrogen-bond acceptors (Lipinski definition) is 6. The minimum atomic E-state index is -0.619. The molecular weight excluding hydrogens is 434 g/mol. The molecule has 0 spiro atoms. The zero-order chi connectivity index (χ0) is 23.5. The van der Waals surface area contributed by atoms with E-state index in [1.165, 1.54) is 5.56 Å². The van der Waals surface area contributed by atoms with Gasteiger partial charge in [-0.25, -0.2) is 0 Å². The van der Waals surface area contributed by atoms with Gasteiger partial charge in [0.1, 0.15) is 18.4 Å². The molecule has 178 valence electrons. The van der Waals surface area contributed by atoms with Gasteiger partial charge in [0.15, 0.2) is 0 Å². The van der Waals surface area contributed by atoms with E-state index in [2.05, 4.69) is 34.5 Å². The van der Waals surface area contributed by atoms with Crippen LogP contribution in [0.25, 0.3) is 0 Å². The molecular formula is C26H29N3O5. The Kier molecular flexibility index (Phi) is 6.60. The zero-order valence-electron chi connectivity index (χ0n) is 19.1. The summed E-state index contributed by atoms with van der Waals surface area (Å²) in [5.74, 6) is -0.156. The number of rotatable bonds is 6. The summed E-state index contributed by atoms with van der Waals surface area (Å²) in [7, 11) is 0. The van der Waals surface area contributed by atoms with Crippen molar-refractivity contribution in [2.24, 2.45) is 0 Å². The fraction of sp³-hybridized carbons (Fsp3) is 0.423. The maximum atomic E-state index is 12.9. The lowest BCUT2D eigenvalue weighted by atomic mass is 10.1. The molecule has 3 aliphatic rings. The number of imide groups is 1. The fourth-order valence-corrected chi connectivity index (χ4v) is 4.75. The smallest absolute Gasteiger partial charge is 0.255 e. The second kappa shape index (κ2) is 9.95. The number of amides is 3. The van der Waals surface area contributed by atoms with Gasteiger partial charge < -0.3 is 14.4 Å². The van der Waals surface area contributed by atoms with E-state index in [4.69, 9.17) is 9.47 Å². The van der Waals surface area contributed by atoms with Crippen LogP contribution < -0.4 is 10.1 Å². The van der Waals surface area contributed by atoms with Crippen molar-refractivity contribution >= 4 is 17.7 Å². The highest BCUT2D eigenvalue weighted by molar-refractivity contribution is 6.04. The number of nitrogens with one attached hydrogen (secondary N) is 1. The summed E-state index contributed by atoms with van der Waals surface area (Å²) in [5.41, 5.74) is 3.77. The Hall–Kier alpha value is -3.23. The first-order valence-electron chi connectivity index (χ1n) is 11.8. The number of benzene rings is 2. The molecule has 34 heavy (non-hydrogen) atoms. The van der Waals surface area contributed by atoms with Crippen molar-refractivity contribution in [1.29, 1.82) is 0 Å². The van der Waals surface area contributed by atoms with Crippen LogP contribution in [0.1, 0.15) is 46.3 Å². The van der Waals surface area contributed by atoms with E-state index in [0.29, 0.717) is 43.7 Å². The van der Waals surface area contributed by atoms with Crippen molar-refractivity contribution in [3.05, 3.63) is 64.7 Å². The van der Waals surface area contributed by atoms with Gasteiger partial charge in [0, 0.05) is 38.2 Å². The predicted molar refractivity (Wildman–Crippen MR) is 124 cm³/mol. The van der Waals surface area contributed by atoms with Gasteiger partial charge in [0.2, 0.25) is 11.8 Å². The lowest BCUT2D eigenvalue weighted by molar-refractivity contribution is -0.132. The van der Waals surface area contributed by atoms with Crippen molar-refractivity contribution in [3.63, 3.8) is 0 Å². The molecule has 0 radical (unpaired) electrons. The van der Waals surface area contributed by atoms with Gasteiger partial charge in [-0.15, -0.1) is 0 Å². The van der Waals surface area contributed by atoms with Crippen molar-refractivity contribution < 1.29 is 23.9 Å². The Morgan fingerprint density at radius 3 is 2.56 bits per heavy atom. The first-order chi connectivity index (χ1) is 16.6. The maximum absolute atomic E-state index is 12.9. The number of hydrogen-bond donors (Lipinski definition) is 1. The van der Waals surface area contributed by atoms with Crippen molar-refractivity contribution in [3.8, 4) is 5.75 Å². The molecule has 3 amide bonds. The first kappa shape index (κ1) is 22.6. The number of carbonyl (C=O) groups excluding carboxylic acids is 3. The molecule has 0 unspecified atom stereocenters. The summed E-state index contributed by atoms with van der Waals surface area (Å²) in [5, 5.41) is 2.39. The van der Waals surface area contributed by atoms with Gasteiger partial charge in [-0.05, 0) is 47.7 Å². The minimum Gasteiger partial charge on any atom is -0.489 e. The molecule has 8 nitrogen and oxygen atoms in total. The van der Waals surface area contributed by atoms with Gasteiger partial charge in [-0.1, -0.05) is 24.3 Å². The standard InChI is InChI=1S/C26H29N3O5/c30-24-3-1-2-23(25(31)27-24)29-16-20-14-21(8-9-22(20)26(29)32)34-17-19-6-4-18(5-7-19)15-28-10-12-33-13-11-28/h4-9,14,23H,1-3,10-13,15-17H2,(H,27,30,31)/t23-/m0/s1. The third-order valence-corrected chi connectivity index (χ3v) is 6.67. The minimum absolute atomic E-state index is 0.174. The van der Waals surface area contributed by atoms with Crippen molar-refractivity contribution in [1.82, 2.24) is 15.1 Å². The quantitative estimate of drug-likeness (QED) is 0.662. The van der Waals surface area contributed by atoms with E-state index in [1.807, 2.05) is 6.07 Å². The largest absolute Gasteiger partial charge is 0.489 e. The van der Waals surface area contributed by atoms with Crippen LogP contribution in [0.4, 0.5) is 0 Å². The van der Waals surface area contributed by atoms with Crippen LogP contribution in [-0.4, -0.2) is 59.9 Å². The number of carbonyl (C=O) groups is 3. The van der Waals surface area contributed by atoms with Crippen LogP contribution in [0, 0.1) is 0 Å². The molecule has 0 bridgehead atoms. The highest BCUT2D eigenvalue weighted by Gasteiger charge is 2.38. The molecule has 2 aromatic rings. The second-order valence-electron chi connectivity index (χ2n) is 9.07. The Balaban J connectivity index is 1.19. The van der Waals surface area contributed by atoms with Crippen LogP contribution in [0.15, 0.2) is 42.5 Å². The average Bonchev–Trinajstić information content (AvgIpc) is 3.06. The van der Waals surface area contributed by atoms with Gasteiger partial charge >= 0.3 is 0 Å². The average molecular weight is 464 g/mol. The molecule has 0 aromatic heterocycles. The predicted octanol–water partition coefficient (Wildman–Crippen LogP) is 2.25. The molecule has 8 heteroatoms. The Morgan fingerprint density at radius 2 is 1.76 bits per heavy atom. The van der Waals surface area contributed by atoms with Crippen LogP contribution in [0.5, 0.6) is 5.75 Å². The summed E-state index contributed by atoms with van der Waals surface area (Å²) < 4.78 is 11.4. The molecule has 5 rings (SSSR count). The third kappa shape index (κ3) is 4.98. The third-order valence-electron chi connectivity index (χ3n) is 6.67. The Morgan fingerprint density at radius 1 is 1.00 bits per heavy atom. The Labute approximate surface area is 198 Å². The molecule has 1 N–H and O–H groups in total. The summed E-state index contributed by atoms with van der Waals surface area (Å²) in [6.07, 6.45) is 1.38. The van der Waals surface area contributed by atoms with Crippen LogP contribution in [-0.2, 0) is 34.0 Å². The number of fused-ring (bicyclic) bond motifs is 1. The first-order valence-corrected chi connectivity index (χ1v) is 11.8. The molecule has 1 atom stereocenters. The monoisotopic (exact) mass is 463 g/mol. The lowest BCUT2D eigenvalue weighted by Crippen LogP contribution is -2.46. The summed E-state index contributed by atoms with van der Waals surface area (Å²) in [6.45, 7) is 5.22. The second-order valence-corrected chi connectivity index (χ2v) is 9.07. The highest BCUT2D eigenvalue weighted by atomic mass is 16.5. The van der Waals surface area contributed by atoms with E-state index < -0.39 is 11.9 Å². The van der Waals surface area contributed by atoms with E-state index in [9.17, 15) is 14.4 Å². The van der Waals surface area contributed by atoms with E-state index in [1.54, 1.807) is 17.0 Å². The zero-order valence-corrected chi connectivity index (χ0v) is 19.1. The molecule has 2 fully saturated rings. The maximum Gasteiger partial charge on any atom is 0.255 e. The van der Waals surface area contributed by atoms with E-state index >= 15 is 0 Å². The highest BCUT2D eigenvalue weighted by Crippen LogP contribution is 2.30. The molecule has 0 saturated carbocycles. The molecule has 0 aliphatic carbocycles. The van der Waals surface area contributed by atoms with Crippen LogP contribution in [0.2, 0.25) is 0 Å². The normalized spacial score (nSPS) is 21.2. The molecule has 2 aromatic carbocycles. The van der Waals surface area contributed by atoms with Gasteiger partial charge in [0.25, 0.3) is 5.91 Å². The summed E-state index contributed by atoms with van der Waals surface area (Å²) >= 11 is 0. The Bertz CT molecular complexity index is 1080. The van der Waals surface area contributed by atoms with E-state index in [-0.39, 0.29) is 11.8 Å². The SMILES string of the molecule is O=C1CCC[C@H](N2Cc3cc(OCc4ccc(CN5CCOCC5)cc4)ccc3C2=O)C(=O)N1. The van der Waals surface area contributed by atoms with E-state index in [0.717, 1.165) is 44.0 Å². The van der Waals surface area contributed by atoms with Crippen molar-refractivity contribution in [2.45, 2.75) is 45.0 Å². The van der Waals surface area contributed by atoms with Gasteiger partial charge in [-0.3, -0.25) is 24.6 Å². The molecule has 3 heterocycles. The molecule has 3 aliphatic heterocycles. The fourth-order valence-electron chi connectivity index (χ4n) is 4.75. The van der Waals surface area contributed by atoms with Gasteiger partial charge in [-0.2, -0.15) is 0 Å². The topological polar surface area (TPSA) is 88.2 Å². The summed E-state index contributed by atoms with van der Waals surface area (Å²) in [4.78, 5) is 40.9. The number of morpholine rings is 1. The van der Waals surface area contributed by atoms with Crippen LogP contribution in [0.3, 0.4) is 0 Å². The summed E-state index contributed by atoms with van der Waals surface area (Å²) in [6, 6.07) is 13.3. The van der Waals surface area contributed by atoms with Crippen molar-refractivity contribution in [2.75, 3.05) is 26.3 Å². The number of nitrogens with zero attached hydrogens (tertiary/aromatic N) is 2. The number of ether oxygens (including phenoxy) is 2. The van der Waals surface area contributed by atoms with Crippen LogP contribution >= 0.6 is 0 Å². The molecule has 2 saturated heterocycles. The van der Waals surface area contributed by atoms with Gasteiger partial charge in [0.05, 0.1) is 13.2 Å².